The zero-order chi connectivity index (χ0) is 7.56. The molecule has 0 radical (unpaired) electrons. The predicted octanol–water partition coefficient (Wildman–Crippen LogP) is 1.31. The molecule has 0 saturated heterocycles. The molecule has 0 spiro atoms. The quantitative estimate of drug-likeness (QED) is 0.559. The second-order valence-electron chi connectivity index (χ2n) is 2.87. The van der Waals surface area contributed by atoms with Crippen LogP contribution in [0.15, 0.2) is 11.6 Å². The van der Waals surface area contributed by atoms with Gasteiger partial charge < -0.3 is 9.84 Å². The van der Waals surface area contributed by atoms with E-state index in [-0.39, 0.29) is 0 Å². The van der Waals surface area contributed by atoms with E-state index in [0.717, 1.165) is 12.0 Å². The first-order valence-electron chi connectivity index (χ1n) is 3.71. The third-order valence-electron chi connectivity index (χ3n) is 1.73. The topological polar surface area (TPSA) is 29.5 Å². The predicted molar refractivity (Wildman–Crippen MR) is 39.5 cm³/mol. The van der Waals surface area contributed by atoms with Crippen molar-refractivity contribution in [2.45, 2.75) is 26.6 Å². The van der Waals surface area contributed by atoms with E-state index in [0.29, 0.717) is 12.5 Å². The standard InChI is InChI=1S/C8H14O2/c1-6(2)7-4-3-5-10-8(7)9/h4,6,8-9H,3,5H2,1-2H3. The molecule has 1 aliphatic rings. The van der Waals surface area contributed by atoms with Crippen LogP contribution in [0.5, 0.6) is 0 Å². The summed E-state index contributed by atoms with van der Waals surface area (Å²) < 4.78 is 5.04. The van der Waals surface area contributed by atoms with Crippen LogP contribution < -0.4 is 0 Å². The van der Waals surface area contributed by atoms with Crippen LogP contribution in [0.4, 0.5) is 0 Å². The molecule has 1 aliphatic heterocycles. The van der Waals surface area contributed by atoms with Gasteiger partial charge in [-0.25, -0.2) is 0 Å². The monoisotopic (exact) mass is 142 g/mol. The van der Waals surface area contributed by atoms with Gasteiger partial charge in [-0.2, -0.15) is 0 Å². The van der Waals surface area contributed by atoms with Crippen molar-refractivity contribution in [3.8, 4) is 0 Å². The lowest BCUT2D eigenvalue weighted by Crippen LogP contribution is -2.22. The van der Waals surface area contributed by atoms with Crippen molar-refractivity contribution in [3.63, 3.8) is 0 Å². The summed E-state index contributed by atoms with van der Waals surface area (Å²) in [6.45, 7) is 4.77. The van der Waals surface area contributed by atoms with E-state index in [1.54, 1.807) is 0 Å². The van der Waals surface area contributed by atoms with Gasteiger partial charge >= 0.3 is 0 Å². The van der Waals surface area contributed by atoms with Gasteiger partial charge in [0, 0.05) is 0 Å². The molecule has 0 aliphatic carbocycles. The highest BCUT2D eigenvalue weighted by molar-refractivity contribution is 5.09. The van der Waals surface area contributed by atoms with Gasteiger partial charge in [-0.15, -0.1) is 0 Å². The number of hydrogen-bond acceptors (Lipinski definition) is 2. The summed E-state index contributed by atoms with van der Waals surface area (Å²) in [5.74, 6) is 0.398. The second kappa shape index (κ2) is 3.17. The zero-order valence-corrected chi connectivity index (χ0v) is 6.50. The van der Waals surface area contributed by atoms with Gasteiger partial charge in [0.15, 0.2) is 6.29 Å². The smallest absolute Gasteiger partial charge is 0.177 e. The van der Waals surface area contributed by atoms with E-state index in [1.165, 1.54) is 0 Å². The number of hydrogen-bond donors (Lipinski definition) is 1. The molecule has 1 heterocycles. The van der Waals surface area contributed by atoms with Gasteiger partial charge in [0.1, 0.15) is 0 Å². The normalized spacial score (nSPS) is 26.8. The Bertz CT molecular complexity index is 138. The summed E-state index contributed by atoms with van der Waals surface area (Å²) in [7, 11) is 0. The average molecular weight is 142 g/mol. The maximum atomic E-state index is 9.25. The molecule has 0 aromatic rings. The van der Waals surface area contributed by atoms with E-state index >= 15 is 0 Å². The fourth-order valence-electron chi connectivity index (χ4n) is 1.12. The van der Waals surface area contributed by atoms with Crippen molar-refractivity contribution >= 4 is 0 Å². The third-order valence-corrected chi connectivity index (χ3v) is 1.73. The van der Waals surface area contributed by atoms with Crippen LogP contribution in [-0.4, -0.2) is 18.0 Å². The van der Waals surface area contributed by atoms with Gasteiger partial charge in [0.2, 0.25) is 0 Å². The maximum absolute atomic E-state index is 9.25. The molecule has 0 aromatic heterocycles. The summed E-state index contributed by atoms with van der Waals surface area (Å²) in [6, 6.07) is 0. The number of rotatable bonds is 1. The molecule has 1 unspecified atom stereocenters. The van der Waals surface area contributed by atoms with E-state index in [4.69, 9.17) is 4.74 Å². The first-order valence-corrected chi connectivity index (χ1v) is 3.71. The number of ether oxygens (including phenoxy) is 1. The molecule has 0 fully saturated rings. The number of aliphatic hydroxyl groups is 1. The van der Waals surface area contributed by atoms with Crippen molar-refractivity contribution in [2.24, 2.45) is 5.92 Å². The van der Waals surface area contributed by atoms with E-state index in [1.807, 2.05) is 0 Å². The molecule has 1 N–H and O–H groups in total. The third kappa shape index (κ3) is 1.58. The van der Waals surface area contributed by atoms with Crippen LogP contribution >= 0.6 is 0 Å². The molecular weight excluding hydrogens is 128 g/mol. The van der Waals surface area contributed by atoms with Crippen LogP contribution in [-0.2, 0) is 4.74 Å². The van der Waals surface area contributed by atoms with Crippen molar-refractivity contribution in [1.29, 1.82) is 0 Å². The van der Waals surface area contributed by atoms with E-state index in [2.05, 4.69) is 19.9 Å². The Labute approximate surface area is 61.5 Å². The van der Waals surface area contributed by atoms with Gasteiger partial charge in [0.05, 0.1) is 6.61 Å². The Morgan fingerprint density at radius 3 is 2.80 bits per heavy atom. The van der Waals surface area contributed by atoms with Crippen molar-refractivity contribution in [2.75, 3.05) is 6.61 Å². The van der Waals surface area contributed by atoms with E-state index in [9.17, 15) is 5.11 Å². The minimum atomic E-state index is -0.645. The van der Waals surface area contributed by atoms with Gasteiger partial charge in [-0.1, -0.05) is 19.9 Å². The summed E-state index contributed by atoms with van der Waals surface area (Å²) in [5, 5.41) is 9.25. The SMILES string of the molecule is CC(C)C1=CCCOC1O. The van der Waals surface area contributed by atoms with Crippen molar-refractivity contribution in [1.82, 2.24) is 0 Å². The molecule has 2 nitrogen and oxygen atoms in total. The zero-order valence-electron chi connectivity index (χ0n) is 6.50. The molecule has 0 aromatic carbocycles. The molecule has 1 atom stereocenters. The lowest BCUT2D eigenvalue weighted by Gasteiger charge is -2.22. The summed E-state index contributed by atoms with van der Waals surface area (Å²) in [4.78, 5) is 0. The van der Waals surface area contributed by atoms with Crippen LogP contribution in [0.1, 0.15) is 20.3 Å². The molecule has 0 bridgehead atoms. The van der Waals surface area contributed by atoms with Crippen LogP contribution in [0.25, 0.3) is 0 Å². The minimum Gasteiger partial charge on any atom is -0.364 e. The fourth-order valence-corrected chi connectivity index (χ4v) is 1.12. The van der Waals surface area contributed by atoms with Crippen molar-refractivity contribution in [3.05, 3.63) is 11.6 Å². The molecule has 58 valence electrons. The highest BCUT2D eigenvalue weighted by Gasteiger charge is 2.17. The van der Waals surface area contributed by atoms with Crippen molar-refractivity contribution < 1.29 is 9.84 Å². The highest BCUT2D eigenvalue weighted by atomic mass is 16.6. The summed E-state index contributed by atoms with van der Waals surface area (Å²) in [6.07, 6.45) is 2.36. The molecule has 0 saturated carbocycles. The largest absolute Gasteiger partial charge is 0.364 e. The van der Waals surface area contributed by atoms with E-state index < -0.39 is 6.29 Å². The Morgan fingerprint density at radius 1 is 1.70 bits per heavy atom. The Kier molecular flexibility index (Phi) is 2.46. The average Bonchev–Trinajstić information content (AvgIpc) is 1.88. The fraction of sp³-hybridized carbons (Fsp3) is 0.750. The first kappa shape index (κ1) is 7.76. The molecule has 10 heavy (non-hydrogen) atoms. The van der Waals surface area contributed by atoms with Gasteiger partial charge in [-0.3, -0.25) is 0 Å². The molecule has 0 amide bonds. The van der Waals surface area contributed by atoms with Crippen LogP contribution in [0.2, 0.25) is 0 Å². The Hall–Kier alpha value is -0.340. The summed E-state index contributed by atoms with van der Waals surface area (Å²) in [5.41, 5.74) is 1.02. The number of aliphatic hydroxyl groups excluding tert-OH is 1. The maximum Gasteiger partial charge on any atom is 0.177 e. The molecule has 2 heteroatoms. The van der Waals surface area contributed by atoms with Gasteiger partial charge in [0.25, 0.3) is 0 Å². The Morgan fingerprint density at radius 2 is 2.40 bits per heavy atom. The van der Waals surface area contributed by atoms with Crippen LogP contribution in [0.3, 0.4) is 0 Å². The summed E-state index contributed by atoms with van der Waals surface area (Å²) >= 11 is 0. The lowest BCUT2D eigenvalue weighted by molar-refractivity contribution is -0.0824. The lowest BCUT2D eigenvalue weighted by atomic mass is 10.0. The molecular formula is C8H14O2. The Balaban J connectivity index is 2.61. The second-order valence-corrected chi connectivity index (χ2v) is 2.87. The van der Waals surface area contributed by atoms with Gasteiger partial charge in [-0.05, 0) is 17.9 Å². The minimum absolute atomic E-state index is 0.398. The first-order chi connectivity index (χ1) is 4.72. The van der Waals surface area contributed by atoms with Crippen LogP contribution in [0, 0.1) is 5.92 Å². The highest BCUT2D eigenvalue weighted by Crippen LogP contribution is 2.19. The molecule has 1 rings (SSSR count).